The quantitative estimate of drug-likeness (QED) is 0.850. The highest BCUT2D eigenvalue weighted by atomic mass is 32.2. The van der Waals surface area contributed by atoms with Gasteiger partial charge in [-0.2, -0.15) is 5.26 Å². The minimum absolute atomic E-state index is 0.309. The van der Waals surface area contributed by atoms with Gasteiger partial charge in [-0.05, 0) is 24.5 Å². The van der Waals surface area contributed by atoms with E-state index in [0.29, 0.717) is 30.4 Å². The first-order valence-electron chi connectivity index (χ1n) is 6.64. The fourth-order valence-corrected chi connectivity index (χ4v) is 4.12. The van der Waals surface area contributed by atoms with Crippen molar-refractivity contribution >= 4 is 16.0 Å². The van der Waals surface area contributed by atoms with Gasteiger partial charge in [0.25, 0.3) is 0 Å². The fraction of sp³-hybridized carbons (Fsp3) is 0.429. The zero-order valence-electron chi connectivity index (χ0n) is 11.3. The molecule has 7 heteroatoms. The highest BCUT2D eigenvalue weighted by molar-refractivity contribution is 7.88. The first-order valence-corrected chi connectivity index (χ1v) is 8.29. The minimum Gasteiger partial charge on any atom is -0.481 e. The van der Waals surface area contributed by atoms with E-state index in [4.69, 9.17) is 10.4 Å². The van der Waals surface area contributed by atoms with Crippen molar-refractivity contribution in [2.75, 3.05) is 0 Å². The van der Waals surface area contributed by atoms with Crippen LogP contribution in [0.3, 0.4) is 0 Å². The van der Waals surface area contributed by atoms with Gasteiger partial charge in [0.15, 0.2) is 0 Å². The second-order valence-corrected chi connectivity index (χ2v) is 6.88. The Bertz CT molecular complexity index is 678. The molecule has 0 heterocycles. The van der Waals surface area contributed by atoms with Crippen molar-refractivity contribution in [3.63, 3.8) is 0 Å². The molecule has 2 unspecified atom stereocenters. The number of nitrogens with one attached hydrogen (secondary N) is 1. The molecule has 0 bridgehead atoms. The van der Waals surface area contributed by atoms with Crippen LogP contribution in [-0.4, -0.2) is 25.5 Å². The third-order valence-corrected chi connectivity index (χ3v) is 5.00. The molecule has 1 saturated carbocycles. The predicted octanol–water partition coefficient (Wildman–Crippen LogP) is 1.23. The Morgan fingerprint density at radius 1 is 1.38 bits per heavy atom. The van der Waals surface area contributed by atoms with Crippen LogP contribution in [0.15, 0.2) is 24.3 Å². The van der Waals surface area contributed by atoms with Gasteiger partial charge in [0.1, 0.15) is 0 Å². The number of carboxylic acid groups (broad SMARTS) is 1. The van der Waals surface area contributed by atoms with Crippen LogP contribution < -0.4 is 4.72 Å². The molecule has 112 valence electrons. The van der Waals surface area contributed by atoms with Crippen LogP contribution in [0.1, 0.15) is 30.4 Å². The Morgan fingerprint density at radius 3 is 2.76 bits per heavy atom. The Kier molecular flexibility index (Phi) is 4.60. The SMILES string of the molecule is N#Cc1ccccc1CS(=O)(=O)NC1CCCC1C(=O)O. The summed E-state index contributed by atoms with van der Waals surface area (Å²) in [7, 11) is -3.68. The molecule has 1 aliphatic rings. The molecular weight excluding hydrogens is 292 g/mol. The van der Waals surface area contributed by atoms with Gasteiger partial charge in [0, 0.05) is 6.04 Å². The zero-order chi connectivity index (χ0) is 15.5. The van der Waals surface area contributed by atoms with E-state index in [9.17, 15) is 13.2 Å². The molecule has 2 atom stereocenters. The molecule has 1 fully saturated rings. The normalized spacial score (nSPS) is 21.9. The second-order valence-electron chi connectivity index (χ2n) is 5.13. The van der Waals surface area contributed by atoms with Crippen molar-refractivity contribution < 1.29 is 18.3 Å². The number of carbonyl (C=O) groups is 1. The zero-order valence-corrected chi connectivity index (χ0v) is 12.1. The second kappa shape index (κ2) is 6.24. The molecule has 1 aromatic rings. The fourth-order valence-electron chi connectivity index (χ4n) is 2.63. The van der Waals surface area contributed by atoms with Crippen LogP contribution in [0.4, 0.5) is 0 Å². The molecule has 0 aliphatic heterocycles. The molecule has 2 rings (SSSR count). The first kappa shape index (κ1) is 15.5. The Labute approximate surface area is 123 Å². The average molecular weight is 308 g/mol. The molecule has 1 aromatic carbocycles. The Balaban J connectivity index is 2.12. The Hall–Kier alpha value is -1.91. The van der Waals surface area contributed by atoms with Gasteiger partial charge in [-0.3, -0.25) is 4.79 Å². The molecule has 21 heavy (non-hydrogen) atoms. The van der Waals surface area contributed by atoms with E-state index >= 15 is 0 Å². The predicted molar refractivity (Wildman–Crippen MR) is 75.7 cm³/mol. The molecule has 0 radical (unpaired) electrons. The topological polar surface area (TPSA) is 107 Å². The van der Waals surface area contributed by atoms with Crippen molar-refractivity contribution in [3.05, 3.63) is 35.4 Å². The van der Waals surface area contributed by atoms with E-state index in [2.05, 4.69) is 4.72 Å². The smallest absolute Gasteiger partial charge is 0.308 e. The first-order chi connectivity index (χ1) is 9.93. The average Bonchev–Trinajstić information content (AvgIpc) is 2.86. The summed E-state index contributed by atoms with van der Waals surface area (Å²) in [5.74, 6) is -1.97. The number of aliphatic carboxylic acids is 1. The monoisotopic (exact) mass is 308 g/mol. The summed E-state index contributed by atoms with van der Waals surface area (Å²) < 4.78 is 26.8. The third-order valence-electron chi connectivity index (χ3n) is 3.65. The standard InChI is InChI=1S/C14H16N2O4S/c15-8-10-4-1-2-5-11(10)9-21(19,20)16-13-7-3-6-12(13)14(17)18/h1-2,4-5,12-13,16H,3,6-7,9H2,(H,17,18). The highest BCUT2D eigenvalue weighted by Gasteiger charge is 2.35. The van der Waals surface area contributed by atoms with Gasteiger partial charge >= 0.3 is 5.97 Å². The minimum atomic E-state index is -3.68. The summed E-state index contributed by atoms with van der Waals surface area (Å²) in [6.07, 6.45) is 1.70. The van der Waals surface area contributed by atoms with Crippen LogP contribution in [-0.2, 0) is 20.6 Å². The molecule has 0 aromatic heterocycles. The van der Waals surface area contributed by atoms with Gasteiger partial charge in [0.2, 0.25) is 10.0 Å². The maximum Gasteiger partial charge on any atom is 0.308 e. The van der Waals surface area contributed by atoms with Crippen LogP contribution >= 0.6 is 0 Å². The highest BCUT2D eigenvalue weighted by Crippen LogP contribution is 2.26. The number of sulfonamides is 1. The summed E-state index contributed by atoms with van der Waals surface area (Å²) in [6, 6.07) is 7.86. The van der Waals surface area contributed by atoms with Crippen LogP contribution in [0.2, 0.25) is 0 Å². The van der Waals surface area contributed by atoms with Crippen molar-refractivity contribution in [1.82, 2.24) is 4.72 Å². The molecule has 6 nitrogen and oxygen atoms in total. The van der Waals surface area contributed by atoms with Crippen LogP contribution in [0, 0.1) is 17.2 Å². The van der Waals surface area contributed by atoms with Crippen LogP contribution in [0.25, 0.3) is 0 Å². The van der Waals surface area contributed by atoms with Gasteiger partial charge in [0.05, 0.1) is 23.3 Å². The lowest BCUT2D eigenvalue weighted by molar-refractivity contribution is -0.141. The number of nitrogens with zero attached hydrogens (tertiary/aromatic N) is 1. The van der Waals surface area contributed by atoms with E-state index < -0.39 is 28.0 Å². The van der Waals surface area contributed by atoms with Crippen LogP contribution in [0.5, 0.6) is 0 Å². The summed E-state index contributed by atoms with van der Waals surface area (Å²) in [4.78, 5) is 11.1. The van der Waals surface area contributed by atoms with Crippen molar-refractivity contribution in [3.8, 4) is 6.07 Å². The molecular formula is C14H16N2O4S. The summed E-state index contributed by atoms with van der Waals surface area (Å²) in [5.41, 5.74) is 0.724. The number of carboxylic acids is 1. The number of hydrogen-bond donors (Lipinski definition) is 2. The van der Waals surface area contributed by atoms with Gasteiger partial charge in [-0.25, -0.2) is 13.1 Å². The van der Waals surface area contributed by atoms with Gasteiger partial charge in [-0.15, -0.1) is 0 Å². The van der Waals surface area contributed by atoms with E-state index in [1.54, 1.807) is 24.3 Å². The van der Waals surface area contributed by atoms with E-state index in [1.807, 2.05) is 6.07 Å². The summed E-state index contributed by atoms with van der Waals surface area (Å²) in [6.45, 7) is 0. The number of rotatable bonds is 5. The lowest BCUT2D eigenvalue weighted by Gasteiger charge is -2.17. The Morgan fingerprint density at radius 2 is 2.10 bits per heavy atom. The molecule has 1 aliphatic carbocycles. The number of nitriles is 1. The summed E-state index contributed by atoms with van der Waals surface area (Å²) >= 11 is 0. The maximum absolute atomic E-state index is 12.2. The third kappa shape index (κ3) is 3.80. The molecule has 2 N–H and O–H groups in total. The van der Waals surface area contributed by atoms with Crippen molar-refractivity contribution in [2.45, 2.75) is 31.1 Å². The molecule has 0 amide bonds. The lowest BCUT2D eigenvalue weighted by atomic mass is 10.1. The largest absolute Gasteiger partial charge is 0.481 e. The number of hydrogen-bond acceptors (Lipinski definition) is 4. The van der Waals surface area contributed by atoms with Crippen molar-refractivity contribution in [1.29, 1.82) is 5.26 Å². The molecule has 0 saturated heterocycles. The van der Waals surface area contributed by atoms with Gasteiger partial charge < -0.3 is 5.11 Å². The summed E-state index contributed by atoms with van der Waals surface area (Å²) in [5, 5.41) is 18.0. The van der Waals surface area contributed by atoms with Gasteiger partial charge in [-0.1, -0.05) is 24.6 Å². The maximum atomic E-state index is 12.2. The van der Waals surface area contributed by atoms with E-state index in [-0.39, 0.29) is 5.75 Å². The lowest BCUT2D eigenvalue weighted by Crippen LogP contribution is -2.40. The molecule has 0 spiro atoms. The van der Waals surface area contributed by atoms with E-state index in [1.165, 1.54) is 0 Å². The van der Waals surface area contributed by atoms with E-state index in [0.717, 1.165) is 0 Å². The van der Waals surface area contributed by atoms with Crippen molar-refractivity contribution in [2.24, 2.45) is 5.92 Å². The number of benzene rings is 1.